The van der Waals surface area contributed by atoms with Gasteiger partial charge in [0.2, 0.25) is 5.91 Å². The average Bonchev–Trinajstić information content (AvgIpc) is 3.33. The Morgan fingerprint density at radius 3 is 2.45 bits per heavy atom. The Hall–Kier alpha value is -4.43. The molecule has 0 saturated carbocycles. The second-order valence-corrected chi connectivity index (χ2v) is 10.0. The molecule has 0 atom stereocenters. The second-order valence-electron chi connectivity index (χ2n) is 9.06. The molecule has 0 aliphatic heterocycles. The van der Waals surface area contributed by atoms with Crippen LogP contribution in [0.25, 0.3) is 27.8 Å². The first kappa shape index (κ1) is 25.2. The van der Waals surface area contributed by atoms with Gasteiger partial charge in [-0.2, -0.15) is 5.10 Å². The summed E-state index contributed by atoms with van der Waals surface area (Å²) in [5, 5.41) is 5.78. The van der Waals surface area contributed by atoms with Crippen molar-refractivity contribution < 1.29 is 4.79 Å². The molecule has 0 aliphatic rings. The Kier molecular flexibility index (Phi) is 7.51. The zero-order valence-electron chi connectivity index (χ0n) is 21.5. The summed E-state index contributed by atoms with van der Waals surface area (Å²) in [6.07, 6.45) is 5.28. The van der Waals surface area contributed by atoms with Gasteiger partial charge < -0.3 is 9.47 Å². The minimum Gasteiger partial charge on any atom is -0.378 e. The van der Waals surface area contributed by atoms with Crippen LogP contribution >= 0.6 is 11.8 Å². The zero-order valence-corrected chi connectivity index (χ0v) is 22.3. The number of fused-ring (bicyclic) bond motifs is 1. The Morgan fingerprint density at radius 2 is 1.74 bits per heavy atom. The van der Waals surface area contributed by atoms with Gasteiger partial charge in [-0.3, -0.25) is 4.79 Å². The standard InChI is InChI=1S/C30H28N6OS/c1-21-9-13-25(14-10-21)36-18-26(23-7-5-4-6-8-23)28-29(36)31-20-32-30(28)38-19-27(37)34-33-17-22-11-15-24(16-12-22)35(2)3/h4-18,20H,19H2,1-3H3,(H,34,37)/b33-17-. The third kappa shape index (κ3) is 5.60. The van der Waals surface area contributed by atoms with Crippen LogP contribution in [0.3, 0.4) is 0 Å². The topological polar surface area (TPSA) is 75.4 Å². The molecular weight excluding hydrogens is 492 g/mol. The minimum atomic E-state index is -0.206. The summed E-state index contributed by atoms with van der Waals surface area (Å²) >= 11 is 1.37. The maximum absolute atomic E-state index is 12.6. The Labute approximate surface area is 226 Å². The molecule has 7 nitrogen and oxygen atoms in total. The molecule has 2 heterocycles. The Balaban J connectivity index is 1.38. The summed E-state index contributed by atoms with van der Waals surface area (Å²) in [7, 11) is 3.99. The van der Waals surface area contributed by atoms with Crippen LogP contribution in [0.15, 0.2) is 102 Å². The highest BCUT2D eigenvalue weighted by Gasteiger charge is 2.18. The normalized spacial score (nSPS) is 11.2. The molecule has 5 aromatic rings. The fourth-order valence-electron chi connectivity index (χ4n) is 4.09. The van der Waals surface area contributed by atoms with Gasteiger partial charge >= 0.3 is 0 Å². The quantitative estimate of drug-likeness (QED) is 0.123. The number of nitrogens with one attached hydrogen (secondary N) is 1. The lowest BCUT2D eigenvalue weighted by atomic mass is 10.1. The maximum Gasteiger partial charge on any atom is 0.250 e. The molecular formula is C30H28N6OS. The van der Waals surface area contributed by atoms with Crippen molar-refractivity contribution in [2.24, 2.45) is 5.10 Å². The van der Waals surface area contributed by atoms with Crippen LogP contribution in [0.2, 0.25) is 0 Å². The lowest BCUT2D eigenvalue weighted by Crippen LogP contribution is -2.19. The fourth-order valence-corrected chi connectivity index (χ4v) is 4.89. The number of amides is 1. The highest BCUT2D eigenvalue weighted by atomic mass is 32.2. The van der Waals surface area contributed by atoms with E-state index in [1.807, 2.05) is 61.5 Å². The third-order valence-electron chi connectivity index (χ3n) is 6.10. The number of carbonyl (C=O) groups excluding carboxylic acids is 1. The summed E-state index contributed by atoms with van der Waals surface area (Å²) in [5.41, 5.74) is 9.72. The van der Waals surface area contributed by atoms with E-state index in [9.17, 15) is 4.79 Å². The molecule has 1 amide bonds. The maximum atomic E-state index is 12.6. The van der Waals surface area contributed by atoms with E-state index < -0.39 is 0 Å². The van der Waals surface area contributed by atoms with Gasteiger partial charge in [0.25, 0.3) is 0 Å². The SMILES string of the molecule is Cc1ccc(-n2cc(-c3ccccc3)c3c(SCC(=O)N/N=C\c4ccc(N(C)C)cc4)ncnc32)cc1. The Morgan fingerprint density at radius 1 is 1.00 bits per heavy atom. The molecule has 190 valence electrons. The summed E-state index contributed by atoms with van der Waals surface area (Å²) in [6, 6.07) is 26.4. The lowest BCUT2D eigenvalue weighted by molar-refractivity contribution is -0.118. The number of benzene rings is 3. The number of carbonyl (C=O) groups is 1. The largest absolute Gasteiger partial charge is 0.378 e. The van der Waals surface area contributed by atoms with E-state index in [2.05, 4.69) is 74.6 Å². The van der Waals surface area contributed by atoms with E-state index in [4.69, 9.17) is 0 Å². The van der Waals surface area contributed by atoms with Crippen LogP contribution in [-0.2, 0) is 4.79 Å². The molecule has 8 heteroatoms. The molecule has 2 aromatic heterocycles. The van der Waals surface area contributed by atoms with Gasteiger partial charge in [0.05, 0.1) is 17.4 Å². The van der Waals surface area contributed by atoms with Crippen molar-refractivity contribution in [3.63, 3.8) is 0 Å². The van der Waals surface area contributed by atoms with E-state index >= 15 is 0 Å². The lowest BCUT2D eigenvalue weighted by Gasteiger charge is -2.11. The van der Waals surface area contributed by atoms with Crippen LogP contribution in [0.5, 0.6) is 0 Å². The highest BCUT2D eigenvalue weighted by Crippen LogP contribution is 2.36. The molecule has 1 N–H and O–H groups in total. The van der Waals surface area contributed by atoms with E-state index in [-0.39, 0.29) is 11.7 Å². The van der Waals surface area contributed by atoms with Crippen molar-refractivity contribution in [1.29, 1.82) is 0 Å². The third-order valence-corrected chi connectivity index (χ3v) is 7.09. The summed E-state index contributed by atoms with van der Waals surface area (Å²) < 4.78 is 2.08. The average molecular weight is 521 g/mol. The van der Waals surface area contributed by atoms with Crippen LogP contribution in [0.1, 0.15) is 11.1 Å². The number of anilines is 1. The van der Waals surface area contributed by atoms with Gasteiger partial charge in [-0.15, -0.1) is 0 Å². The first-order chi connectivity index (χ1) is 18.5. The van der Waals surface area contributed by atoms with Crippen molar-refractivity contribution in [2.75, 3.05) is 24.7 Å². The monoisotopic (exact) mass is 520 g/mol. The van der Waals surface area contributed by atoms with Crippen molar-refractivity contribution in [3.05, 3.63) is 103 Å². The zero-order chi connectivity index (χ0) is 26.5. The van der Waals surface area contributed by atoms with Crippen molar-refractivity contribution >= 4 is 40.6 Å². The van der Waals surface area contributed by atoms with Crippen LogP contribution in [0.4, 0.5) is 5.69 Å². The molecule has 0 bridgehead atoms. The Bertz CT molecular complexity index is 1580. The van der Waals surface area contributed by atoms with E-state index in [1.165, 1.54) is 17.3 Å². The van der Waals surface area contributed by atoms with Crippen molar-refractivity contribution in [2.45, 2.75) is 11.9 Å². The molecule has 0 spiro atoms. The van der Waals surface area contributed by atoms with E-state index in [0.717, 1.165) is 44.1 Å². The van der Waals surface area contributed by atoms with Crippen molar-refractivity contribution in [3.8, 4) is 16.8 Å². The number of hydrogen-bond donors (Lipinski definition) is 1. The van der Waals surface area contributed by atoms with Gasteiger partial charge in [0.15, 0.2) is 0 Å². The van der Waals surface area contributed by atoms with Crippen LogP contribution in [-0.4, -0.2) is 46.5 Å². The number of hydrogen-bond acceptors (Lipinski definition) is 6. The predicted octanol–water partition coefficient (Wildman–Crippen LogP) is 5.70. The number of rotatable bonds is 8. The van der Waals surface area contributed by atoms with Crippen molar-refractivity contribution in [1.82, 2.24) is 20.0 Å². The summed E-state index contributed by atoms with van der Waals surface area (Å²) in [5.74, 6) is -0.0328. The predicted molar refractivity (Wildman–Crippen MR) is 156 cm³/mol. The molecule has 0 radical (unpaired) electrons. The van der Waals surface area contributed by atoms with Gasteiger partial charge in [-0.05, 0) is 42.3 Å². The molecule has 0 aliphatic carbocycles. The van der Waals surface area contributed by atoms with Gasteiger partial charge in [0.1, 0.15) is 17.0 Å². The van der Waals surface area contributed by atoms with Gasteiger partial charge in [0, 0.05) is 37.2 Å². The number of thioether (sulfide) groups is 1. The molecule has 5 rings (SSSR count). The first-order valence-corrected chi connectivity index (χ1v) is 13.2. The smallest absolute Gasteiger partial charge is 0.250 e. The molecule has 0 fully saturated rings. The molecule has 38 heavy (non-hydrogen) atoms. The number of hydrazone groups is 1. The number of nitrogens with zero attached hydrogens (tertiary/aromatic N) is 5. The second kappa shape index (κ2) is 11.3. The molecule has 3 aromatic carbocycles. The van der Waals surface area contributed by atoms with E-state index in [1.54, 1.807) is 12.5 Å². The van der Waals surface area contributed by atoms with Crippen LogP contribution < -0.4 is 10.3 Å². The minimum absolute atomic E-state index is 0.174. The van der Waals surface area contributed by atoms with Gasteiger partial charge in [-0.25, -0.2) is 15.4 Å². The molecule has 0 saturated heterocycles. The highest BCUT2D eigenvalue weighted by molar-refractivity contribution is 8.00. The van der Waals surface area contributed by atoms with E-state index in [0.29, 0.717) is 0 Å². The fraction of sp³-hybridized carbons (Fsp3) is 0.133. The van der Waals surface area contributed by atoms with Crippen LogP contribution in [0, 0.1) is 6.92 Å². The molecule has 0 unspecified atom stereocenters. The summed E-state index contributed by atoms with van der Waals surface area (Å²) in [4.78, 5) is 23.8. The van der Waals surface area contributed by atoms with Gasteiger partial charge in [-0.1, -0.05) is 71.9 Å². The number of aromatic nitrogens is 3. The first-order valence-electron chi connectivity index (χ1n) is 12.2. The number of aryl methyl sites for hydroxylation is 1. The summed E-state index contributed by atoms with van der Waals surface area (Å²) in [6.45, 7) is 2.07.